The first kappa shape index (κ1) is 17.2. The second-order valence-corrected chi connectivity index (χ2v) is 6.23. The zero-order chi connectivity index (χ0) is 16.3. The van der Waals surface area contributed by atoms with Gasteiger partial charge in [-0.1, -0.05) is 0 Å². The minimum atomic E-state index is -4.45. The van der Waals surface area contributed by atoms with E-state index in [0.29, 0.717) is 0 Å². The van der Waals surface area contributed by atoms with E-state index < -0.39 is 40.8 Å². The van der Waals surface area contributed by atoms with E-state index in [2.05, 4.69) is 5.32 Å². The van der Waals surface area contributed by atoms with Crippen molar-refractivity contribution in [2.45, 2.75) is 11.1 Å². The quantitative estimate of drug-likeness (QED) is 0.698. The molecule has 0 bridgehead atoms. The maximum absolute atomic E-state index is 11.9. The predicted molar refractivity (Wildman–Crippen MR) is 68.8 cm³/mol. The second kappa shape index (κ2) is 6.31. The first-order valence-electron chi connectivity index (χ1n) is 5.59. The molecule has 0 aliphatic heterocycles. The van der Waals surface area contributed by atoms with Crippen molar-refractivity contribution < 1.29 is 31.5 Å². The lowest BCUT2D eigenvalue weighted by molar-refractivity contribution is -0.127. The van der Waals surface area contributed by atoms with Crippen LogP contribution in [-0.2, 0) is 14.6 Å². The van der Waals surface area contributed by atoms with Crippen LogP contribution in [0.4, 0.5) is 18.9 Å². The Kier molecular flexibility index (Phi) is 5.18. The van der Waals surface area contributed by atoms with Crippen LogP contribution in [0.3, 0.4) is 0 Å². The molecule has 1 amide bonds. The molecule has 1 aromatic rings. The van der Waals surface area contributed by atoms with Gasteiger partial charge in [0, 0.05) is 6.26 Å². The van der Waals surface area contributed by atoms with Gasteiger partial charge in [-0.3, -0.25) is 4.79 Å². The molecule has 21 heavy (non-hydrogen) atoms. The van der Waals surface area contributed by atoms with Crippen LogP contribution >= 0.6 is 0 Å². The van der Waals surface area contributed by atoms with E-state index in [0.717, 1.165) is 24.5 Å². The zero-order valence-corrected chi connectivity index (χ0v) is 11.7. The van der Waals surface area contributed by atoms with Crippen molar-refractivity contribution in [3.8, 4) is 5.75 Å². The number of sulfone groups is 1. The number of rotatable bonds is 5. The number of nitrogens with one attached hydrogen (secondary N) is 2. The summed E-state index contributed by atoms with van der Waals surface area (Å²) in [5.74, 6) is -1.24. The van der Waals surface area contributed by atoms with Crippen LogP contribution in [0.5, 0.6) is 5.75 Å². The fourth-order valence-electron chi connectivity index (χ4n) is 1.36. The third-order valence-electron chi connectivity index (χ3n) is 2.28. The fourth-order valence-corrected chi connectivity index (χ4v) is 2.01. The maximum Gasteiger partial charge on any atom is 0.401 e. The molecule has 0 radical (unpaired) electrons. The zero-order valence-electron chi connectivity index (χ0n) is 10.9. The summed E-state index contributed by atoms with van der Waals surface area (Å²) in [6.45, 7) is -1.97. The molecular weight excluding hydrogens is 313 g/mol. The van der Waals surface area contributed by atoms with Gasteiger partial charge in [0.05, 0.1) is 23.7 Å². The number of hydrogen-bond acceptors (Lipinski definition) is 5. The smallest absolute Gasteiger partial charge is 0.401 e. The van der Waals surface area contributed by atoms with Crippen LogP contribution in [0, 0.1) is 0 Å². The van der Waals surface area contributed by atoms with Gasteiger partial charge in [0.2, 0.25) is 5.91 Å². The molecule has 0 saturated carbocycles. The third kappa shape index (κ3) is 6.00. The molecule has 0 spiro atoms. The van der Waals surface area contributed by atoms with Gasteiger partial charge in [-0.15, -0.1) is 0 Å². The fraction of sp³-hybridized carbons (Fsp3) is 0.364. The lowest BCUT2D eigenvalue weighted by Crippen LogP contribution is -2.35. The van der Waals surface area contributed by atoms with Gasteiger partial charge < -0.3 is 15.7 Å². The Morgan fingerprint density at radius 3 is 2.48 bits per heavy atom. The predicted octanol–water partition coefficient (Wildman–Crippen LogP) is 0.886. The van der Waals surface area contributed by atoms with Gasteiger partial charge in [-0.2, -0.15) is 13.2 Å². The standard InChI is InChI=1S/C11H13F3N2O4S/c1-21(19,20)7-2-3-9(17)8(4-7)16-10(18)5-15-6-11(12,13)14/h2-4,15,17H,5-6H2,1H3,(H,16,18). The van der Waals surface area contributed by atoms with Crippen LogP contribution in [0.2, 0.25) is 0 Å². The molecule has 6 nitrogen and oxygen atoms in total. The molecule has 118 valence electrons. The highest BCUT2D eigenvalue weighted by molar-refractivity contribution is 7.90. The van der Waals surface area contributed by atoms with Crippen molar-refractivity contribution >= 4 is 21.4 Å². The molecule has 0 aliphatic carbocycles. The van der Waals surface area contributed by atoms with Gasteiger partial charge >= 0.3 is 6.18 Å². The van der Waals surface area contributed by atoms with E-state index in [1.165, 1.54) is 0 Å². The van der Waals surface area contributed by atoms with Crippen LogP contribution in [0.15, 0.2) is 23.1 Å². The molecule has 10 heteroatoms. The molecule has 0 aliphatic rings. The van der Waals surface area contributed by atoms with E-state index in [4.69, 9.17) is 0 Å². The van der Waals surface area contributed by atoms with E-state index in [1.54, 1.807) is 0 Å². The van der Waals surface area contributed by atoms with E-state index in [9.17, 15) is 31.5 Å². The van der Waals surface area contributed by atoms with Crippen molar-refractivity contribution in [2.75, 3.05) is 24.7 Å². The highest BCUT2D eigenvalue weighted by atomic mass is 32.2. The molecule has 0 saturated heterocycles. The lowest BCUT2D eigenvalue weighted by Gasteiger charge is -2.10. The molecule has 1 aromatic carbocycles. The van der Waals surface area contributed by atoms with Gasteiger partial charge in [0.1, 0.15) is 5.75 Å². The second-order valence-electron chi connectivity index (χ2n) is 4.22. The van der Waals surface area contributed by atoms with Crippen molar-refractivity contribution in [1.82, 2.24) is 5.32 Å². The van der Waals surface area contributed by atoms with Crippen molar-refractivity contribution in [2.24, 2.45) is 0 Å². The van der Waals surface area contributed by atoms with E-state index in [-0.39, 0.29) is 10.6 Å². The summed E-state index contributed by atoms with van der Waals surface area (Å²) in [5.41, 5.74) is -0.197. The monoisotopic (exact) mass is 326 g/mol. The summed E-state index contributed by atoms with van der Waals surface area (Å²) in [7, 11) is -3.54. The Balaban J connectivity index is 2.72. The number of amides is 1. The van der Waals surface area contributed by atoms with Crippen molar-refractivity contribution in [3.63, 3.8) is 0 Å². The Morgan fingerprint density at radius 1 is 1.33 bits per heavy atom. The molecule has 3 N–H and O–H groups in total. The molecule has 1 rings (SSSR count). The van der Waals surface area contributed by atoms with E-state index >= 15 is 0 Å². The molecule has 0 fully saturated rings. The molecule has 0 heterocycles. The number of anilines is 1. The summed E-state index contributed by atoms with van der Waals surface area (Å²) >= 11 is 0. The normalized spacial score (nSPS) is 12.2. The molecular formula is C11H13F3N2O4S. The number of hydrogen-bond donors (Lipinski definition) is 3. The summed E-state index contributed by atoms with van der Waals surface area (Å²) in [4.78, 5) is 11.3. The highest BCUT2D eigenvalue weighted by Crippen LogP contribution is 2.26. The number of carbonyl (C=O) groups is 1. The molecule has 0 atom stereocenters. The Bertz CT molecular complexity index is 629. The molecule has 0 unspecified atom stereocenters. The summed E-state index contributed by atoms with van der Waals surface area (Å²) in [6.07, 6.45) is -3.51. The van der Waals surface area contributed by atoms with E-state index in [1.807, 2.05) is 5.32 Å². The number of alkyl halides is 3. The van der Waals surface area contributed by atoms with Crippen LogP contribution in [0.25, 0.3) is 0 Å². The number of aromatic hydroxyl groups is 1. The average Bonchev–Trinajstić information content (AvgIpc) is 2.28. The van der Waals surface area contributed by atoms with Crippen molar-refractivity contribution in [3.05, 3.63) is 18.2 Å². The Labute approximate surface area is 118 Å². The lowest BCUT2D eigenvalue weighted by atomic mass is 10.3. The van der Waals surface area contributed by atoms with Gasteiger partial charge in [0.25, 0.3) is 0 Å². The number of carbonyl (C=O) groups excluding carboxylic acids is 1. The van der Waals surface area contributed by atoms with Gasteiger partial charge in [-0.25, -0.2) is 8.42 Å². The summed E-state index contributed by atoms with van der Waals surface area (Å²) in [5, 5.41) is 13.5. The minimum Gasteiger partial charge on any atom is -0.506 e. The summed E-state index contributed by atoms with van der Waals surface area (Å²) < 4.78 is 58.3. The van der Waals surface area contributed by atoms with Gasteiger partial charge in [0.15, 0.2) is 9.84 Å². The average molecular weight is 326 g/mol. The third-order valence-corrected chi connectivity index (χ3v) is 3.39. The topological polar surface area (TPSA) is 95.5 Å². The Hall–Kier alpha value is -1.81. The number of phenolic OH excluding ortho intramolecular Hbond substituents is 1. The Morgan fingerprint density at radius 2 is 1.95 bits per heavy atom. The maximum atomic E-state index is 11.9. The van der Waals surface area contributed by atoms with Crippen LogP contribution in [0.1, 0.15) is 0 Å². The largest absolute Gasteiger partial charge is 0.506 e. The highest BCUT2D eigenvalue weighted by Gasteiger charge is 2.26. The number of halogens is 3. The molecule has 0 aromatic heterocycles. The van der Waals surface area contributed by atoms with Crippen LogP contribution < -0.4 is 10.6 Å². The first-order valence-corrected chi connectivity index (χ1v) is 7.48. The summed E-state index contributed by atoms with van der Waals surface area (Å²) in [6, 6.07) is 3.23. The minimum absolute atomic E-state index is 0.140. The van der Waals surface area contributed by atoms with Crippen LogP contribution in [-0.4, -0.2) is 45.0 Å². The number of phenols is 1. The SMILES string of the molecule is CS(=O)(=O)c1ccc(O)c(NC(=O)CNCC(F)(F)F)c1. The number of benzene rings is 1. The van der Waals surface area contributed by atoms with Crippen molar-refractivity contribution in [1.29, 1.82) is 0 Å². The first-order chi connectivity index (χ1) is 9.49. The van der Waals surface area contributed by atoms with Gasteiger partial charge in [-0.05, 0) is 18.2 Å².